The van der Waals surface area contributed by atoms with Gasteiger partial charge in [-0.25, -0.2) is 8.42 Å². The highest BCUT2D eigenvalue weighted by Gasteiger charge is 2.33. The van der Waals surface area contributed by atoms with Crippen LogP contribution in [0.4, 0.5) is 5.69 Å². The van der Waals surface area contributed by atoms with Crippen LogP contribution >= 0.6 is 0 Å². The van der Waals surface area contributed by atoms with E-state index in [1.165, 1.54) is 44.4 Å². The van der Waals surface area contributed by atoms with Gasteiger partial charge in [0.1, 0.15) is 24.1 Å². The standard InChI is InChI=1S/C33H43N3O8S/c1-8-23(3)34-33(38)24(4)35(21-25-11-10-12-28(19-25)41-5)32(37)22-36(26-13-15-27(16-14-26)44-9-2)45(39,40)29-17-18-30(42-6)31(20-29)43-7/h10-20,23-24H,8-9,21-22H2,1-7H3,(H,34,38)/t23-,24+/m1/s1. The summed E-state index contributed by atoms with van der Waals surface area (Å²) < 4.78 is 51.0. The molecular weight excluding hydrogens is 598 g/mol. The molecule has 0 aliphatic rings. The van der Waals surface area contributed by atoms with Crippen molar-refractivity contribution in [1.29, 1.82) is 0 Å². The molecule has 2 amide bonds. The Balaban J connectivity index is 2.09. The molecule has 0 aliphatic carbocycles. The third-order valence-corrected chi connectivity index (χ3v) is 9.08. The Bertz CT molecular complexity index is 1550. The Morgan fingerprint density at radius 1 is 0.844 bits per heavy atom. The molecule has 0 unspecified atom stereocenters. The number of ether oxygens (including phenoxy) is 4. The second-order valence-electron chi connectivity index (χ2n) is 10.3. The maximum Gasteiger partial charge on any atom is 0.264 e. The largest absolute Gasteiger partial charge is 0.497 e. The van der Waals surface area contributed by atoms with Gasteiger partial charge in [0.15, 0.2) is 11.5 Å². The number of methoxy groups -OCH3 is 3. The number of benzene rings is 3. The number of amides is 2. The van der Waals surface area contributed by atoms with Crippen LogP contribution in [-0.4, -0.2) is 71.7 Å². The lowest BCUT2D eigenvalue weighted by Gasteiger charge is -2.32. The number of carbonyl (C=O) groups excluding carboxylic acids is 2. The van der Waals surface area contributed by atoms with Gasteiger partial charge in [-0.2, -0.15) is 0 Å². The van der Waals surface area contributed by atoms with Crippen LogP contribution in [0, 0.1) is 0 Å². The highest BCUT2D eigenvalue weighted by atomic mass is 32.2. The van der Waals surface area contributed by atoms with E-state index in [1.54, 1.807) is 49.4 Å². The van der Waals surface area contributed by atoms with Crippen LogP contribution in [0.2, 0.25) is 0 Å². The fourth-order valence-corrected chi connectivity index (χ4v) is 5.95. The van der Waals surface area contributed by atoms with E-state index in [4.69, 9.17) is 18.9 Å². The zero-order valence-corrected chi connectivity index (χ0v) is 27.7. The summed E-state index contributed by atoms with van der Waals surface area (Å²) in [6, 6.07) is 16.7. The molecule has 2 atom stereocenters. The van der Waals surface area contributed by atoms with Crippen LogP contribution in [0.5, 0.6) is 23.0 Å². The molecule has 0 saturated carbocycles. The van der Waals surface area contributed by atoms with Crippen molar-refractivity contribution >= 4 is 27.5 Å². The Hall–Kier alpha value is -4.45. The molecule has 0 fully saturated rings. The number of hydrogen-bond acceptors (Lipinski definition) is 8. The molecule has 3 rings (SSSR count). The number of hydrogen-bond donors (Lipinski definition) is 1. The molecule has 12 heteroatoms. The number of nitrogens with one attached hydrogen (secondary N) is 1. The van der Waals surface area contributed by atoms with E-state index < -0.39 is 28.5 Å². The lowest BCUT2D eigenvalue weighted by Crippen LogP contribution is -2.52. The van der Waals surface area contributed by atoms with Gasteiger partial charge in [-0.15, -0.1) is 0 Å². The Labute approximate surface area is 266 Å². The van der Waals surface area contributed by atoms with E-state index in [-0.39, 0.29) is 34.8 Å². The molecule has 11 nitrogen and oxygen atoms in total. The number of carbonyl (C=O) groups is 2. The summed E-state index contributed by atoms with van der Waals surface area (Å²) in [6.45, 7) is 7.18. The van der Waals surface area contributed by atoms with Gasteiger partial charge in [0.05, 0.1) is 38.5 Å². The molecule has 0 bridgehead atoms. The van der Waals surface area contributed by atoms with E-state index in [0.717, 1.165) is 4.31 Å². The predicted octanol–water partition coefficient (Wildman–Crippen LogP) is 4.64. The highest BCUT2D eigenvalue weighted by molar-refractivity contribution is 7.92. The average molecular weight is 642 g/mol. The Morgan fingerprint density at radius 2 is 1.53 bits per heavy atom. The van der Waals surface area contributed by atoms with Crippen LogP contribution in [0.15, 0.2) is 71.6 Å². The SMILES string of the molecule is CCOc1ccc(N(CC(=O)N(Cc2cccc(OC)c2)[C@@H](C)C(=O)N[C@H](C)CC)S(=O)(=O)c2ccc(OC)c(OC)c2)cc1. The first-order chi connectivity index (χ1) is 21.5. The van der Waals surface area contributed by atoms with Crippen molar-refractivity contribution in [2.75, 3.05) is 38.8 Å². The van der Waals surface area contributed by atoms with E-state index in [9.17, 15) is 18.0 Å². The molecule has 3 aromatic rings. The normalized spacial score (nSPS) is 12.4. The molecule has 0 radical (unpaired) electrons. The van der Waals surface area contributed by atoms with Crippen molar-refractivity contribution < 1.29 is 37.0 Å². The van der Waals surface area contributed by atoms with Crippen molar-refractivity contribution in [3.05, 3.63) is 72.3 Å². The summed E-state index contributed by atoms with van der Waals surface area (Å²) in [5, 5.41) is 2.93. The lowest BCUT2D eigenvalue weighted by atomic mass is 10.1. The molecule has 45 heavy (non-hydrogen) atoms. The molecule has 0 saturated heterocycles. The van der Waals surface area contributed by atoms with E-state index >= 15 is 0 Å². The molecule has 0 heterocycles. The van der Waals surface area contributed by atoms with Crippen molar-refractivity contribution in [2.45, 2.75) is 57.6 Å². The summed E-state index contributed by atoms with van der Waals surface area (Å²) in [5.41, 5.74) is 0.945. The Morgan fingerprint density at radius 3 is 2.13 bits per heavy atom. The topological polar surface area (TPSA) is 124 Å². The van der Waals surface area contributed by atoms with Crippen molar-refractivity contribution in [2.24, 2.45) is 0 Å². The molecule has 244 valence electrons. The van der Waals surface area contributed by atoms with E-state index in [1.807, 2.05) is 26.8 Å². The van der Waals surface area contributed by atoms with E-state index in [2.05, 4.69) is 5.32 Å². The first kappa shape index (κ1) is 35.0. The maximum atomic E-state index is 14.2. The molecule has 0 spiro atoms. The zero-order chi connectivity index (χ0) is 33.1. The molecule has 1 N–H and O–H groups in total. The van der Waals surface area contributed by atoms with Gasteiger partial charge in [0, 0.05) is 18.7 Å². The molecule has 3 aromatic carbocycles. The number of anilines is 1. The minimum absolute atomic E-state index is 0.0403. The third kappa shape index (κ3) is 8.81. The second kappa shape index (κ2) is 16.0. The maximum absolute atomic E-state index is 14.2. The second-order valence-corrected chi connectivity index (χ2v) is 12.2. The summed E-state index contributed by atoms with van der Waals surface area (Å²) in [4.78, 5) is 28.7. The fraction of sp³-hybridized carbons (Fsp3) is 0.394. The van der Waals surface area contributed by atoms with Crippen molar-refractivity contribution in [3.63, 3.8) is 0 Å². The third-order valence-electron chi connectivity index (χ3n) is 7.31. The summed E-state index contributed by atoms with van der Waals surface area (Å²) in [5.74, 6) is 0.769. The van der Waals surface area contributed by atoms with Crippen molar-refractivity contribution in [1.82, 2.24) is 10.2 Å². The zero-order valence-electron chi connectivity index (χ0n) is 26.9. The molecule has 0 aromatic heterocycles. The van der Waals surface area contributed by atoms with Crippen LogP contribution in [0.25, 0.3) is 0 Å². The highest BCUT2D eigenvalue weighted by Crippen LogP contribution is 2.33. The monoisotopic (exact) mass is 641 g/mol. The number of rotatable bonds is 16. The van der Waals surface area contributed by atoms with Gasteiger partial charge >= 0.3 is 0 Å². The summed E-state index contributed by atoms with van der Waals surface area (Å²) >= 11 is 0. The van der Waals surface area contributed by atoms with Gasteiger partial charge in [-0.3, -0.25) is 13.9 Å². The smallest absolute Gasteiger partial charge is 0.264 e. The van der Waals surface area contributed by atoms with E-state index in [0.29, 0.717) is 35.8 Å². The molecule has 0 aliphatic heterocycles. The van der Waals surface area contributed by atoms with Gasteiger partial charge in [0.2, 0.25) is 11.8 Å². The Kier molecular flexibility index (Phi) is 12.5. The predicted molar refractivity (Wildman–Crippen MR) is 173 cm³/mol. The van der Waals surface area contributed by atoms with Gasteiger partial charge < -0.3 is 29.2 Å². The van der Waals surface area contributed by atoms with Crippen LogP contribution in [0.1, 0.15) is 39.7 Å². The first-order valence-corrected chi connectivity index (χ1v) is 16.1. The van der Waals surface area contributed by atoms with Gasteiger partial charge in [-0.1, -0.05) is 19.1 Å². The minimum Gasteiger partial charge on any atom is -0.497 e. The van der Waals surface area contributed by atoms with Crippen LogP contribution in [-0.2, 0) is 26.2 Å². The van der Waals surface area contributed by atoms with Crippen LogP contribution in [0.3, 0.4) is 0 Å². The lowest BCUT2D eigenvalue weighted by molar-refractivity contribution is -0.139. The number of sulfonamides is 1. The summed E-state index contributed by atoms with van der Waals surface area (Å²) in [6.07, 6.45) is 0.706. The van der Waals surface area contributed by atoms with Gasteiger partial charge in [0.25, 0.3) is 10.0 Å². The fourth-order valence-electron chi connectivity index (χ4n) is 4.52. The first-order valence-electron chi connectivity index (χ1n) is 14.7. The number of nitrogens with zero attached hydrogens (tertiary/aromatic N) is 2. The van der Waals surface area contributed by atoms with Crippen molar-refractivity contribution in [3.8, 4) is 23.0 Å². The minimum atomic E-state index is -4.33. The van der Waals surface area contributed by atoms with Crippen LogP contribution < -0.4 is 28.6 Å². The summed E-state index contributed by atoms with van der Waals surface area (Å²) in [7, 11) is 0.0686. The average Bonchev–Trinajstić information content (AvgIpc) is 3.05. The molecular formula is C33H43N3O8S. The van der Waals surface area contributed by atoms with Gasteiger partial charge in [-0.05, 0) is 81.3 Å². The quantitative estimate of drug-likeness (QED) is 0.240.